The molecule has 0 aliphatic carbocycles. The number of thiazole rings is 1. The molecule has 2 aromatic heterocycles. The Balaban J connectivity index is 1.67. The topological polar surface area (TPSA) is 55.6 Å². The molecular formula is C13H15N5S. The highest BCUT2D eigenvalue weighted by Crippen LogP contribution is 2.26. The average molecular weight is 273 g/mol. The summed E-state index contributed by atoms with van der Waals surface area (Å²) in [6.45, 7) is 2.91. The third-order valence-electron chi connectivity index (χ3n) is 2.97. The summed E-state index contributed by atoms with van der Waals surface area (Å²) in [6, 6.07) is 6.32. The second-order valence-corrected chi connectivity index (χ2v) is 5.56. The number of anilines is 1. The molecule has 0 aliphatic heterocycles. The van der Waals surface area contributed by atoms with Crippen LogP contribution in [0.2, 0.25) is 0 Å². The highest BCUT2D eigenvalue weighted by atomic mass is 32.1. The SMILES string of the molecule is Cc1ccc2nc(NCCc3nncn3C)sc2c1. The third-order valence-corrected chi connectivity index (χ3v) is 3.95. The van der Waals surface area contributed by atoms with Crippen LogP contribution in [-0.2, 0) is 13.5 Å². The minimum atomic E-state index is 0.811. The van der Waals surface area contributed by atoms with Crippen molar-refractivity contribution in [1.29, 1.82) is 0 Å². The van der Waals surface area contributed by atoms with Gasteiger partial charge in [0.25, 0.3) is 0 Å². The van der Waals surface area contributed by atoms with Gasteiger partial charge in [0.05, 0.1) is 10.2 Å². The summed E-state index contributed by atoms with van der Waals surface area (Å²) in [7, 11) is 1.95. The van der Waals surface area contributed by atoms with Gasteiger partial charge < -0.3 is 9.88 Å². The molecule has 19 heavy (non-hydrogen) atoms. The molecule has 0 spiro atoms. The average Bonchev–Trinajstić information content (AvgIpc) is 2.95. The van der Waals surface area contributed by atoms with E-state index in [1.807, 2.05) is 11.6 Å². The summed E-state index contributed by atoms with van der Waals surface area (Å²) >= 11 is 1.69. The van der Waals surface area contributed by atoms with Crippen molar-refractivity contribution in [2.45, 2.75) is 13.3 Å². The van der Waals surface area contributed by atoms with Crippen molar-refractivity contribution in [2.75, 3.05) is 11.9 Å². The van der Waals surface area contributed by atoms with Gasteiger partial charge in [-0.25, -0.2) is 4.98 Å². The van der Waals surface area contributed by atoms with Gasteiger partial charge in [-0.15, -0.1) is 10.2 Å². The Labute approximate surface area is 115 Å². The molecule has 0 aliphatic rings. The number of aromatic nitrogens is 4. The Morgan fingerprint density at radius 1 is 1.37 bits per heavy atom. The molecule has 6 heteroatoms. The highest BCUT2D eigenvalue weighted by Gasteiger charge is 2.04. The van der Waals surface area contributed by atoms with Crippen LogP contribution < -0.4 is 5.32 Å². The Hall–Kier alpha value is -1.95. The lowest BCUT2D eigenvalue weighted by Crippen LogP contribution is -2.08. The van der Waals surface area contributed by atoms with Gasteiger partial charge in [0, 0.05) is 20.0 Å². The van der Waals surface area contributed by atoms with Crippen molar-refractivity contribution >= 4 is 26.7 Å². The van der Waals surface area contributed by atoms with Crippen molar-refractivity contribution in [1.82, 2.24) is 19.7 Å². The van der Waals surface area contributed by atoms with Gasteiger partial charge in [0.15, 0.2) is 5.13 Å². The largest absolute Gasteiger partial charge is 0.361 e. The standard InChI is InChI=1S/C13H15N5S/c1-9-3-4-10-11(7-9)19-13(16-10)14-6-5-12-17-15-8-18(12)2/h3-4,7-8H,5-6H2,1-2H3,(H,14,16). The molecule has 0 saturated heterocycles. The van der Waals surface area contributed by atoms with Crippen LogP contribution in [0.3, 0.4) is 0 Å². The van der Waals surface area contributed by atoms with E-state index in [2.05, 4.69) is 45.6 Å². The Bertz CT molecular complexity index is 700. The van der Waals surface area contributed by atoms with Gasteiger partial charge in [-0.2, -0.15) is 0 Å². The monoisotopic (exact) mass is 273 g/mol. The molecule has 5 nitrogen and oxygen atoms in total. The first-order chi connectivity index (χ1) is 9.22. The van der Waals surface area contributed by atoms with E-state index < -0.39 is 0 Å². The predicted molar refractivity (Wildman–Crippen MR) is 77.6 cm³/mol. The third kappa shape index (κ3) is 2.58. The number of hydrogen-bond acceptors (Lipinski definition) is 5. The van der Waals surface area contributed by atoms with Crippen molar-refractivity contribution in [3.05, 3.63) is 35.9 Å². The van der Waals surface area contributed by atoms with Crippen LogP contribution in [0.4, 0.5) is 5.13 Å². The fourth-order valence-corrected chi connectivity index (χ4v) is 2.91. The van der Waals surface area contributed by atoms with E-state index in [1.165, 1.54) is 10.3 Å². The first kappa shape index (κ1) is 12.1. The molecule has 0 saturated carbocycles. The fraction of sp³-hybridized carbons (Fsp3) is 0.308. The molecule has 0 atom stereocenters. The van der Waals surface area contributed by atoms with E-state index in [1.54, 1.807) is 17.7 Å². The van der Waals surface area contributed by atoms with Crippen LogP contribution in [0.1, 0.15) is 11.4 Å². The number of fused-ring (bicyclic) bond motifs is 1. The minimum Gasteiger partial charge on any atom is -0.361 e. The smallest absolute Gasteiger partial charge is 0.183 e. The van der Waals surface area contributed by atoms with E-state index in [-0.39, 0.29) is 0 Å². The molecule has 1 aromatic carbocycles. The van der Waals surface area contributed by atoms with Gasteiger partial charge in [0.2, 0.25) is 0 Å². The normalized spacial score (nSPS) is 11.1. The molecular weight excluding hydrogens is 258 g/mol. The highest BCUT2D eigenvalue weighted by molar-refractivity contribution is 7.22. The molecule has 2 heterocycles. The summed E-state index contributed by atoms with van der Waals surface area (Å²) < 4.78 is 3.16. The molecule has 1 N–H and O–H groups in total. The van der Waals surface area contributed by atoms with Crippen molar-refractivity contribution in [3.63, 3.8) is 0 Å². The number of benzene rings is 1. The van der Waals surface area contributed by atoms with Crippen LogP contribution in [-0.4, -0.2) is 26.3 Å². The quantitative estimate of drug-likeness (QED) is 0.793. The molecule has 0 fully saturated rings. The number of nitrogens with one attached hydrogen (secondary N) is 1. The molecule has 3 aromatic rings. The number of aryl methyl sites for hydroxylation is 2. The van der Waals surface area contributed by atoms with Gasteiger partial charge >= 0.3 is 0 Å². The van der Waals surface area contributed by atoms with Gasteiger partial charge in [-0.05, 0) is 24.6 Å². The Morgan fingerprint density at radius 2 is 2.26 bits per heavy atom. The lowest BCUT2D eigenvalue weighted by molar-refractivity contribution is 0.788. The van der Waals surface area contributed by atoms with Gasteiger partial charge in [-0.1, -0.05) is 17.4 Å². The second-order valence-electron chi connectivity index (χ2n) is 4.53. The Morgan fingerprint density at radius 3 is 3.05 bits per heavy atom. The van der Waals surface area contributed by atoms with E-state index in [4.69, 9.17) is 0 Å². The molecule has 98 valence electrons. The summed E-state index contributed by atoms with van der Waals surface area (Å²) in [5.41, 5.74) is 2.32. The van der Waals surface area contributed by atoms with E-state index in [0.717, 1.165) is 29.4 Å². The van der Waals surface area contributed by atoms with Crippen molar-refractivity contribution < 1.29 is 0 Å². The number of hydrogen-bond donors (Lipinski definition) is 1. The van der Waals surface area contributed by atoms with Crippen LogP contribution in [0.5, 0.6) is 0 Å². The van der Waals surface area contributed by atoms with Crippen LogP contribution >= 0.6 is 11.3 Å². The maximum absolute atomic E-state index is 4.56. The second kappa shape index (κ2) is 4.97. The lowest BCUT2D eigenvalue weighted by atomic mass is 10.2. The zero-order valence-corrected chi connectivity index (χ0v) is 11.7. The first-order valence-corrected chi connectivity index (χ1v) is 6.98. The molecule has 0 radical (unpaired) electrons. The van der Waals surface area contributed by atoms with E-state index in [0.29, 0.717) is 0 Å². The van der Waals surface area contributed by atoms with E-state index in [9.17, 15) is 0 Å². The molecule has 0 unspecified atom stereocenters. The van der Waals surface area contributed by atoms with Gasteiger partial charge in [-0.3, -0.25) is 0 Å². The van der Waals surface area contributed by atoms with E-state index >= 15 is 0 Å². The fourth-order valence-electron chi connectivity index (χ4n) is 1.92. The van der Waals surface area contributed by atoms with Crippen LogP contribution in [0.15, 0.2) is 24.5 Å². The van der Waals surface area contributed by atoms with Crippen molar-refractivity contribution in [3.8, 4) is 0 Å². The van der Waals surface area contributed by atoms with Crippen LogP contribution in [0, 0.1) is 6.92 Å². The summed E-state index contributed by atoms with van der Waals surface area (Å²) in [4.78, 5) is 4.56. The zero-order valence-electron chi connectivity index (χ0n) is 10.9. The summed E-state index contributed by atoms with van der Waals surface area (Å²) in [6.07, 6.45) is 2.56. The maximum Gasteiger partial charge on any atom is 0.183 e. The minimum absolute atomic E-state index is 0.811. The van der Waals surface area contributed by atoms with Gasteiger partial charge in [0.1, 0.15) is 12.2 Å². The number of nitrogens with zero attached hydrogens (tertiary/aromatic N) is 4. The molecule has 0 bridgehead atoms. The molecule has 0 amide bonds. The molecule has 3 rings (SSSR count). The lowest BCUT2D eigenvalue weighted by Gasteiger charge is -2.01. The van der Waals surface area contributed by atoms with Crippen LogP contribution in [0.25, 0.3) is 10.2 Å². The summed E-state index contributed by atoms with van der Waals surface area (Å²) in [5.74, 6) is 0.976. The zero-order chi connectivity index (χ0) is 13.2. The Kier molecular flexibility index (Phi) is 3.16. The van der Waals surface area contributed by atoms with Crippen molar-refractivity contribution in [2.24, 2.45) is 7.05 Å². The summed E-state index contributed by atoms with van der Waals surface area (Å²) in [5, 5.41) is 12.2. The first-order valence-electron chi connectivity index (χ1n) is 6.16. The predicted octanol–water partition coefficient (Wildman–Crippen LogP) is 2.39. The number of rotatable bonds is 4. The maximum atomic E-state index is 4.56.